The number of H-pyrrole nitrogens is 1. The highest BCUT2D eigenvalue weighted by Gasteiger charge is 2.17. The van der Waals surface area contributed by atoms with E-state index in [-0.39, 0.29) is 30.4 Å². The molecule has 0 atom stereocenters. The summed E-state index contributed by atoms with van der Waals surface area (Å²) in [5.41, 5.74) is 3.93. The van der Waals surface area contributed by atoms with E-state index in [9.17, 15) is 9.59 Å². The number of pyridine rings is 1. The Kier molecular flexibility index (Phi) is 7.67. The number of hydrogen-bond acceptors (Lipinski definition) is 6. The normalized spacial score (nSPS) is 10.8. The van der Waals surface area contributed by atoms with Crippen molar-refractivity contribution in [3.63, 3.8) is 0 Å². The molecule has 0 radical (unpaired) electrons. The molecule has 2 N–H and O–H groups in total. The SMILES string of the molecule is Cc1cc(C)c(CNC(=O)CSc2nnc(COc3ccccc3C)n2-c2ccccc2)c(=O)[nH]1. The van der Waals surface area contributed by atoms with Crippen LogP contribution in [0.1, 0.15) is 28.2 Å². The van der Waals surface area contributed by atoms with E-state index in [1.165, 1.54) is 11.8 Å². The molecule has 9 heteroatoms. The molecule has 4 aromatic rings. The average Bonchev–Trinajstić information content (AvgIpc) is 3.25. The Morgan fingerprint density at radius 2 is 1.77 bits per heavy atom. The van der Waals surface area contributed by atoms with Gasteiger partial charge < -0.3 is 15.0 Å². The predicted molar refractivity (Wildman–Crippen MR) is 136 cm³/mol. The van der Waals surface area contributed by atoms with Crippen molar-refractivity contribution in [3.05, 3.63) is 99.2 Å². The maximum Gasteiger partial charge on any atom is 0.253 e. The molecule has 0 unspecified atom stereocenters. The van der Waals surface area contributed by atoms with Gasteiger partial charge in [0.15, 0.2) is 11.0 Å². The number of aryl methyl sites for hydroxylation is 3. The first-order valence-corrected chi connectivity index (χ1v) is 12.2. The molecule has 8 nitrogen and oxygen atoms in total. The number of hydrogen-bond donors (Lipinski definition) is 2. The van der Waals surface area contributed by atoms with Gasteiger partial charge in [-0.2, -0.15) is 0 Å². The lowest BCUT2D eigenvalue weighted by molar-refractivity contribution is -0.118. The topological polar surface area (TPSA) is 102 Å². The van der Waals surface area contributed by atoms with Crippen LogP contribution < -0.4 is 15.6 Å². The van der Waals surface area contributed by atoms with Gasteiger partial charge in [-0.15, -0.1) is 10.2 Å². The zero-order valence-corrected chi connectivity index (χ0v) is 20.7. The van der Waals surface area contributed by atoms with E-state index in [1.807, 2.05) is 86.0 Å². The number of thioether (sulfide) groups is 1. The van der Waals surface area contributed by atoms with Gasteiger partial charge in [0.05, 0.1) is 5.75 Å². The van der Waals surface area contributed by atoms with E-state index in [0.717, 1.165) is 28.3 Å². The van der Waals surface area contributed by atoms with Gasteiger partial charge in [0.2, 0.25) is 5.91 Å². The minimum atomic E-state index is -0.199. The van der Waals surface area contributed by atoms with Crippen molar-refractivity contribution in [2.45, 2.75) is 39.1 Å². The molecule has 0 bridgehead atoms. The molecule has 0 saturated heterocycles. The number of amides is 1. The highest BCUT2D eigenvalue weighted by Crippen LogP contribution is 2.24. The van der Waals surface area contributed by atoms with E-state index >= 15 is 0 Å². The Balaban J connectivity index is 1.46. The van der Waals surface area contributed by atoms with Gasteiger partial charge >= 0.3 is 0 Å². The van der Waals surface area contributed by atoms with E-state index in [4.69, 9.17) is 4.74 Å². The van der Waals surface area contributed by atoms with Crippen molar-refractivity contribution < 1.29 is 9.53 Å². The Morgan fingerprint density at radius 3 is 2.51 bits per heavy atom. The van der Waals surface area contributed by atoms with Crippen molar-refractivity contribution in [2.24, 2.45) is 0 Å². The minimum absolute atomic E-state index is 0.131. The van der Waals surface area contributed by atoms with Crippen molar-refractivity contribution in [3.8, 4) is 11.4 Å². The first-order valence-electron chi connectivity index (χ1n) is 11.2. The van der Waals surface area contributed by atoms with E-state index in [1.54, 1.807) is 0 Å². The monoisotopic (exact) mass is 489 g/mol. The van der Waals surface area contributed by atoms with Crippen LogP contribution in [0.4, 0.5) is 0 Å². The molecule has 4 rings (SSSR count). The summed E-state index contributed by atoms with van der Waals surface area (Å²) in [6, 6.07) is 19.4. The summed E-state index contributed by atoms with van der Waals surface area (Å²) >= 11 is 1.28. The number of nitrogens with one attached hydrogen (secondary N) is 2. The largest absolute Gasteiger partial charge is 0.485 e. The lowest BCUT2D eigenvalue weighted by Crippen LogP contribution is -2.29. The average molecular weight is 490 g/mol. The van der Waals surface area contributed by atoms with Gasteiger partial charge in [-0.05, 0) is 56.2 Å². The van der Waals surface area contributed by atoms with Crippen LogP contribution in [0.5, 0.6) is 5.75 Å². The maximum atomic E-state index is 12.6. The van der Waals surface area contributed by atoms with E-state index in [0.29, 0.717) is 16.5 Å². The quantitative estimate of drug-likeness (QED) is 0.346. The molecule has 0 saturated carbocycles. The van der Waals surface area contributed by atoms with Crippen LogP contribution in [-0.4, -0.2) is 31.4 Å². The number of rotatable bonds is 9. The van der Waals surface area contributed by atoms with Gasteiger partial charge in [0, 0.05) is 23.5 Å². The number of aromatic nitrogens is 4. The summed E-state index contributed by atoms with van der Waals surface area (Å²) in [7, 11) is 0. The number of nitrogens with zero attached hydrogens (tertiary/aromatic N) is 3. The van der Waals surface area contributed by atoms with Crippen LogP contribution in [0.15, 0.2) is 70.6 Å². The molecule has 0 aliphatic heterocycles. The van der Waals surface area contributed by atoms with Gasteiger partial charge in [-0.3, -0.25) is 14.2 Å². The van der Waals surface area contributed by atoms with Gasteiger partial charge in [-0.1, -0.05) is 48.2 Å². The smallest absolute Gasteiger partial charge is 0.253 e. The van der Waals surface area contributed by atoms with Crippen LogP contribution in [0.3, 0.4) is 0 Å². The van der Waals surface area contributed by atoms with Crippen molar-refractivity contribution in [1.29, 1.82) is 0 Å². The molecule has 2 heterocycles. The Bertz CT molecular complexity index is 1380. The first kappa shape index (κ1) is 24.3. The fourth-order valence-corrected chi connectivity index (χ4v) is 4.45. The number of carbonyl (C=O) groups is 1. The molecule has 0 fully saturated rings. The number of para-hydroxylation sites is 2. The fraction of sp³-hybridized carbons (Fsp3) is 0.231. The Labute approximate surface area is 207 Å². The molecule has 2 aromatic carbocycles. The summed E-state index contributed by atoms with van der Waals surface area (Å²) in [6.07, 6.45) is 0. The molecule has 0 spiro atoms. The lowest BCUT2D eigenvalue weighted by atomic mass is 10.1. The maximum absolute atomic E-state index is 12.6. The number of carbonyl (C=O) groups excluding carboxylic acids is 1. The lowest BCUT2D eigenvalue weighted by Gasteiger charge is -2.12. The van der Waals surface area contributed by atoms with E-state index < -0.39 is 0 Å². The molecule has 0 aliphatic rings. The van der Waals surface area contributed by atoms with E-state index in [2.05, 4.69) is 20.5 Å². The second kappa shape index (κ2) is 11.1. The zero-order chi connectivity index (χ0) is 24.8. The summed E-state index contributed by atoms with van der Waals surface area (Å²) in [5, 5.41) is 12.1. The summed E-state index contributed by atoms with van der Waals surface area (Å²) in [5.74, 6) is 1.34. The van der Waals surface area contributed by atoms with Crippen LogP contribution in [0.25, 0.3) is 5.69 Å². The molecule has 2 aromatic heterocycles. The molecular formula is C26H27N5O3S. The fourth-order valence-electron chi connectivity index (χ4n) is 3.65. The second-order valence-corrected chi connectivity index (χ2v) is 9.07. The summed E-state index contributed by atoms with van der Waals surface area (Å²) in [4.78, 5) is 27.5. The third-order valence-corrected chi connectivity index (χ3v) is 6.38. The standard InChI is InChI=1S/C26H27N5O3S/c1-17-9-7-8-12-22(17)34-15-23-29-30-26(31(23)20-10-5-4-6-11-20)35-16-24(32)27-14-21-18(2)13-19(3)28-25(21)33/h4-13H,14-16H2,1-3H3,(H,27,32)(H,28,33). The van der Waals surface area contributed by atoms with Gasteiger partial charge in [0.1, 0.15) is 12.4 Å². The van der Waals surface area contributed by atoms with Crippen molar-refractivity contribution in [2.75, 3.05) is 5.75 Å². The zero-order valence-electron chi connectivity index (χ0n) is 19.9. The number of benzene rings is 2. The minimum Gasteiger partial charge on any atom is -0.485 e. The Morgan fingerprint density at radius 1 is 1.03 bits per heavy atom. The second-order valence-electron chi connectivity index (χ2n) is 8.13. The number of aromatic amines is 1. The third-order valence-electron chi connectivity index (χ3n) is 5.45. The van der Waals surface area contributed by atoms with Gasteiger partial charge in [0.25, 0.3) is 5.56 Å². The van der Waals surface area contributed by atoms with Crippen LogP contribution in [-0.2, 0) is 17.9 Å². The predicted octanol–water partition coefficient (Wildman–Crippen LogP) is 3.87. The summed E-state index contributed by atoms with van der Waals surface area (Å²) in [6.45, 7) is 6.08. The molecule has 180 valence electrons. The van der Waals surface area contributed by atoms with Gasteiger partial charge in [-0.25, -0.2) is 0 Å². The molecular weight excluding hydrogens is 462 g/mol. The first-order chi connectivity index (χ1) is 16.9. The van der Waals surface area contributed by atoms with Crippen LogP contribution in [0, 0.1) is 20.8 Å². The highest BCUT2D eigenvalue weighted by atomic mass is 32.2. The molecule has 35 heavy (non-hydrogen) atoms. The van der Waals surface area contributed by atoms with Crippen molar-refractivity contribution in [1.82, 2.24) is 25.1 Å². The van der Waals surface area contributed by atoms with Crippen LogP contribution >= 0.6 is 11.8 Å². The highest BCUT2D eigenvalue weighted by molar-refractivity contribution is 7.99. The third kappa shape index (κ3) is 5.99. The Hall–Kier alpha value is -3.85. The van der Waals surface area contributed by atoms with Crippen LogP contribution in [0.2, 0.25) is 0 Å². The van der Waals surface area contributed by atoms with Crippen molar-refractivity contribution >= 4 is 17.7 Å². The summed E-state index contributed by atoms with van der Waals surface area (Å²) < 4.78 is 7.89. The molecule has 1 amide bonds. The molecule has 0 aliphatic carbocycles. The number of ether oxygens (including phenoxy) is 1.